The van der Waals surface area contributed by atoms with Gasteiger partial charge < -0.3 is 5.73 Å². The molecule has 1 unspecified atom stereocenters. The number of unbranched alkanes of at least 4 members (excludes halogenated alkanes) is 3. The monoisotopic (exact) mass is 246 g/mol. The van der Waals surface area contributed by atoms with Crippen LogP contribution in [0, 0.1) is 6.92 Å². The van der Waals surface area contributed by atoms with Crippen LogP contribution < -0.4 is 5.73 Å². The molecule has 18 heavy (non-hydrogen) atoms. The molecule has 1 aromatic carbocycles. The minimum Gasteiger partial charge on any atom is -0.323 e. The van der Waals surface area contributed by atoms with Crippen molar-refractivity contribution in [3.05, 3.63) is 35.4 Å². The molecule has 1 aromatic rings. The highest BCUT2D eigenvalue weighted by molar-refractivity contribution is 5.64. The predicted molar refractivity (Wildman–Crippen MR) is 80.4 cm³/mol. The van der Waals surface area contributed by atoms with Crippen LogP contribution in [-0.2, 0) is 6.42 Å². The predicted octanol–water partition coefficient (Wildman–Crippen LogP) is 3.52. The first kappa shape index (κ1) is 14.9. The minimum absolute atomic E-state index is 0.0391. The maximum Gasteiger partial charge on any atom is 0.0436 e. The van der Waals surface area contributed by atoms with Crippen molar-refractivity contribution in [3.63, 3.8) is 0 Å². The van der Waals surface area contributed by atoms with Gasteiger partial charge in [0, 0.05) is 18.8 Å². The van der Waals surface area contributed by atoms with E-state index in [1.165, 1.54) is 36.8 Å². The van der Waals surface area contributed by atoms with Crippen LogP contribution in [0.2, 0.25) is 0 Å². The molecule has 0 saturated carbocycles. The molecule has 0 heterocycles. The van der Waals surface area contributed by atoms with Crippen molar-refractivity contribution in [2.24, 2.45) is 10.7 Å². The quantitative estimate of drug-likeness (QED) is 0.553. The second-order valence-corrected chi connectivity index (χ2v) is 4.91. The molecule has 1 atom stereocenters. The van der Waals surface area contributed by atoms with Gasteiger partial charge in [-0.1, -0.05) is 50.5 Å². The van der Waals surface area contributed by atoms with E-state index in [9.17, 15) is 0 Å². The summed E-state index contributed by atoms with van der Waals surface area (Å²) in [7, 11) is 0. The normalized spacial score (nSPS) is 13.1. The average Bonchev–Trinajstić information content (AvgIpc) is 2.36. The Morgan fingerprint density at radius 3 is 2.72 bits per heavy atom. The van der Waals surface area contributed by atoms with Gasteiger partial charge in [-0.15, -0.1) is 0 Å². The molecular weight excluding hydrogens is 220 g/mol. The van der Waals surface area contributed by atoms with Gasteiger partial charge in [0.25, 0.3) is 0 Å². The molecule has 2 heteroatoms. The Hall–Kier alpha value is -1.15. The Morgan fingerprint density at radius 2 is 2.00 bits per heavy atom. The van der Waals surface area contributed by atoms with Gasteiger partial charge in [0.05, 0.1) is 0 Å². The molecule has 0 aromatic heterocycles. The molecule has 0 aliphatic rings. The van der Waals surface area contributed by atoms with E-state index in [4.69, 9.17) is 5.73 Å². The molecule has 100 valence electrons. The zero-order valence-corrected chi connectivity index (χ0v) is 11.7. The summed E-state index contributed by atoms with van der Waals surface area (Å²) in [5.74, 6) is 0. The van der Waals surface area contributed by atoms with Crippen LogP contribution in [0.25, 0.3) is 0 Å². The summed E-state index contributed by atoms with van der Waals surface area (Å²) in [6.45, 7) is 5.27. The molecule has 0 bridgehead atoms. The smallest absolute Gasteiger partial charge is 0.0436 e. The molecule has 0 amide bonds. The lowest BCUT2D eigenvalue weighted by atomic mass is 10.0. The average molecular weight is 246 g/mol. The van der Waals surface area contributed by atoms with E-state index in [2.05, 4.69) is 43.1 Å². The third kappa shape index (κ3) is 5.97. The van der Waals surface area contributed by atoms with Crippen LogP contribution in [-0.4, -0.2) is 18.8 Å². The lowest BCUT2D eigenvalue weighted by Gasteiger charge is -2.08. The van der Waals surface area contributed by atoms with Gasteiger partial charge in [-0.05, 0) is 30.9 Å². The molecule has 0 aliphatic heterocycles. The van der Waals surface area contributed by atoms with Crippen molar-refractivity contribution in [3.8, 4) is 0 Å². The number of hydrogen-bond acceptors (Lipinski definition) is 2. The van der Waals surface area contributed by atoms with Gasteiger partial charge in [0.1, 0.15) is 0 Å². The molecule has 0 aliphatic carbocycles. The third-order valence-electron chi connectivity index (χ3n) is 3.15. The minimum atomic E-state index is 0.0391. The van der Waals surface area contributed by atoms with Crippen LogP contribution in [0.5, 0.6) is 0 Å². The highest BCUT2D eigenvalue weighted by Crippen LogP contribution is 2.08. The van der Waals surface area contributed by atoms with E-state index < -0.39 is 0 Å². The number of aryl methyl sites for hydroxylation is 1. The first-order valence-corrected chi connectivity index (χ1v) is 7.04. The summed E-state index contributed by atoms with van der Waals surface area (Å²) in [4.78, 5) is 4.42. The van der Waals surface area contributed by atoms with Crippen LogP contribution in [0.4, 0.5) is 0 Å². The summed E-state index contributed by atoms with van der Waals surface area (Å²) >= 11 is 0. The highest BCUT2D eigenvalue weighted by Gasteiger charge is 2.02. The highest BCUT2D eigenvalue weighted by atomic mass is 14.7. The van der Waals surface area contributed by atoms with E-state index in [1.54, 1.807) is 0 Å². The number of nitrogens with two attached hydrogens (primary N) is 1. The van der Waals surface area contributed by atoms with E-state index in [-0.39, 0.29) is 6.04 Å². The number of rotatable bonds is 8. The first-order chi connectivity index (χ1) is 8.74. The van der Waals surface area contributed by atoms with Crippen molar-refractivity contribution in [2.45, 2.75) is 52.0 Å². The lowest BCUT2D eigenvalue weighted by molar-refractivity contribution is 0.674. The molecule has 1 rings (SSSR count). The maximum absolute atomic E-state index is 6.07. The van der Waals surface area contributed by atoms with E-state index >= 15 is 0 Å². The maximum atomic E-state index is 6.07. The van der Waals surface area contributed by atoms with Crippen LogP contribution >= 0.6 is 0 Å². The molecule has 2 nitrogen and oxygen atoms in total. The van der Waals surface area contributed by atoms with Gasteiger partial charge >= 0.3 is 0 Å². The summed E-state index contributed by atoms with van der Waals surface area (Å²) in [5.41, 5.74) is 8.70. The molecule has 0 fully saturated rings. The summed E-state index contributed by atoms with van der Waals surface area (Å²) < 4.78 is 0. The van der Waals surface area contributed by atoms with Crippen LogP contribution in [0.3, 0.4) is 0 Å². The fourth-order valence-electron chi connectivity index (χ4n) is 1.99. The van der Waals surface area contributed by atoms with Crippen molar-refractivity contribution in [2.75, 3.05) is 6.54 Å². The molecule has 0 spiro atoms. The molecule has 0 saturated heterocycles. The zero-order valence-electron chi connectivity index (χ0n) is 11.7. The van der Waals surface area contributed by atoms with Crippen molar-refractivity contribution in [1.29, 1.82) is 0 Å². The Morgan fingerprint density at radius 1 is 1.22 bits per heavy atom. The summed E-state index contributed by atoms with van der Waals surface area (Å²) in [6.07, 6.45) is 7.84. The number of hydrogen-bond donors (Lipinski definition) is 1. The topological polar surface area (TPSA) is 38.4 Å². The largest absolute Gasteiger partial charge is 0.323 e. The Labute approximate surface area is 111 Å². The summed E-state index contributed by atoms with van der Waals surface area (Å²) in [5, 5.41) is 0. The second kappa shape index (κ2) is 8.87. The van der Waals surface area contributed by atoms with Crippen molar-refractivity contribution >= 4 is 6.21 Å². The first-order valence-electron chi connectivity index (χ1n) is 7.04. The molecular formula is C16H26N2. The Kier molecular flexibility index (Phi) is 7.35. The van der Waals surface area contributed by atoms with Gasteiger partial charge in [-0.25, -0.2) is 0 Å². The van der Waals surface area contributed by atoms with Crippen molar-refractivity contribution in [1.82, 2.24) is 0 Å². The van der Waals surface area contributed by atoms with E-state index in [0.717, 1.165) is 13.0 Å². The lowest BCUT2D eigenvalue weighted by Crippen LogP contribution is -2.24. The number of benzene rings is 1. The van der Waals surface area contributed by atoms with Gasteiger partial charge in [-0.2, -0.15) is 0 Å². The van der Waals surface area contributed by atoms with E-state index in [0.29, 0.717) is 0 Å². The van der Waals surface area contributed by atoms with Gasteiger partial charge in [0.2, 0.25) is 0 Å². The number of aliphatic imine (C=N–C) groups is 1. The number of nitrogens with zero attached hydrogens (tertiary/aromatic N) is 1. The summed E-state index contributed by atoms with van der Waals surface area (Å²) in [6, 6.07) is 8.44. The van der Waals surface area contributed by atoms with Crippen molar-refractivity contribution < 1.29 is 0 Å². The van der Waals surface area contributed by atoms with Gasteiger partial charge in [-0.3, -0.25) is 4.99 Å². The third-order valence-corrected chi connectivity index (χ3v) is 3.15. The molecule has 0 radical (unpaired) electrons. The molecule has 2 N–H and O–H groups in total. The SMILES string of the molecule is CCCCCCN=CC(N)Cc1ccccc1C. The standard InChI is InChI=1S/C16H26N2/c1-3-4-5-8-11-18-13-16(17)12-15-10-7-6-9-14(15)2/h6-7,9-10,13,16H,3-5,8,11-12,17H2,1-2H3. The Balaban J connectivity index is 2.27. The van der Waals surface area contributed by atoms with Crippen LogP contribution in [0.15, 0.2) is 29.3 Å². The fourth-order valence-corrected chi connectivity index (χ4v) is 1.99. The fraction of sp³-hybridized carbons (Fsp3) is 0.562. The van der Waals surface area contributed by atoms with Gasteiger partial charge in [0.15, 0.2) is 0 Å². The zero-order chi connectivity index (χ0) is 13.2. The van der Waals surface area contributed by atoms with Crippen LogP contribution in [0.1, 0.15) is 43.7 Å². The van der Waals surface area contributed by atoms with E-state index in [1.807, 2.05) is 6.21 Å². The second-order valence-electron chi connectivity index (χ2n) is 4.91. The Bertz CT molecular complexity index is 358.